The monoisotopic (exact) mass is 437 g/mol. The van der Waals surface area contributed by atoms with Gasteiger partial charge in [0.25, 0.3) is 0 Å². The Bertz CT molecular complexity index is 1400. The number of fused-ring (bicyclic) bond motifs is 2. The van der Waals surface area contributed by atoms with Crippen LogP contribution in [0.2, 0.25) is 0 Å². The summed E-state index contributed by atoms with van der Waals surface area (Å²) < 4.78 is 38.2. The van der Waals surface area contributed by atoms with Gasteiger partial charge in [-0.15, -0.1) is 0 Å². The molecule has 1 aliphatic rings. The number of nitrogen functional groups attached to an aromatic ring is 1. The average Bonchev–Trinajstić information content (AvgIpc) is 3.47. The van der Waals surface area contributed by atoms with E-state index in [1.54, 1.807) is 24.9 Å². The molecule has 32 heavy (non-hydrogen) atoms. The summed E-state index contributed by atoms with van der Waals surface area (Å²) in [4.78, 5) is 8.15. The van der Waals surface area contributed by atoms with E-state index >= 15 is 0 Å². The molecule has 2 atom stereocenters. The lowest BCUT2D eigenvalue weighted by molar-refractivity contribution is 0.172. The highest BCUT2D eigenvalue weighted by Gasteiger charge is 2.28. The van der Waals surface area contributed by atoms with E-state index in [1.165, 1.54) is 12.4 Å². The van der Waals surface area contributed by atoms with E-state index in [0.29, 0.717) is 29.7 Å². The maximum absolute atomic E-state index is 14.9. The van der Waals surface area contributed by atoms with Crippen molar-refractivity contribution in [3.63, 3.8) is 0 Å². The Morgan fingerprint density at radius 1 is 1.28 bits per heavy atom. The van der Waals surface area contributed by atoms with Gasteiger partial charge in [0, 0.05) is 39.0 Å². The minimum Gasteiger partial charge on any atom is -0.383 e. The van der Waals surface area contributed by atoms with Gasteiger partial charge in [-0.2, -0.15) is 5.10 Å². The zero-order chi connectivity index (χ0) is 22.4. The maximum atomic E-state index is 14.9. The molecule has 8 nitrogen and oxygen atoms in total. The summed E-state index contributed by atoms with van der Waals surface area (Å²) in [5, 5.41) is 8.62. The van der Waals surface area contributed by atoms with Gasteiger partial charge in [-0.3, -0.25) is 4.68 Å². The molecule has 4 heterocycles. The van der Waals surface area contributed by atoms with Crippen LogP contribution >= 0.6 is 0 Å². The number of hydrogen-bond donors (Lipinski definition) is 2. The van der Waals surface area contributed by atoms with Gasteiger partial charge in [-0.1, -0.05) is 5.92 Å². The topological polar surface area (TPSA) is 95.8 Å². The quantitative estimate of drug-likeness (QED) is 0.477. The molecule has 0 aliphatic carbocycles. The second-order valence-electron chi connectivity index (χ2n) is 7.85. The number of aryl methyl sites for hydroxylation is 1. The lowest BCUT2D eigenvalue weighted by Crippen LogP contribution is -2.25. The number of nitrogens with one attached hydrogen (secondary N) is 1. The molecule has 0 radical (unpaired) electrons. The van der Waals surface area contributed by atoms with Crippen LogP contribution in [0, 0.1) is 23.5 Å². The number of nitrogens with zero attached hydrogens (tertiary/aromatic N) is 5. The molecule has 164 valence electrons. The van der Waals surface area contributed by atoms with Crippen molar-refractivity contribution in [2.75, 3.05) is 26.0 Å². The van der Waals surface area contributed by atoms with Gasteiger partial charge in [0.2, 0.25) is 0 Å². The van der Waals surface area contributed by atoms with Crippen LogP contribution in [-0.4, -0.2) is 50.6 Å². The fourth-order valence-electron chi connectivity index (χ4n) is 4.22. The summed E-state index contributed by atoms with van der Waals surface area (Å²) in [7, 11) is 3.34. The van der Waals surface area contributed by atoms with Crippen LogP contribution in [0.15, 0.2) is 24.7 Å². The summed E-state index contributed by atoms with van der Waals surface area (Å²) in [5.41, 5.74) is 7.28. The van der Waals surface area contributed by atoms with E-state index in [-0.39, 0.29) is 29.0 Å². The Balaban J connectivity index is 1.60. The molecule has 0 spiro atoms. The number of benzene rings is 1. The highest BCUT2D eigenvalue weighted by molar-refractivity contribution is 5.93. The Labute approximate surface area is 182 Å². The van der Waals surface area contributed by atoms with E-state index in [1.807, 2.05) is 10.7 Å². The van der Waals surface area contributed by atoms with Crippen LogP contribution in [-0.2, 0) is 11.8 Å². The lowest BCUT2D eigenvalue weighted by Gasteiger charge is -2.11. The third-order valence-electron chi connectivity index (χ3n) is 5.78. The highest BCUT2D eigenvalue weighted by Crippen LogP contribution is 2.29. The van der Waals surface area contributed by atoms with Gasteiger partial charge in [0.15, 0.2) is 5.82 Å². The molecule has 0 unspecified atom stereocenters. The van der Waals surface area contributed by atoms with Crippen LogP contribution < -0.4 is 11.1 Å². The van der Waals surface area contributed by atoms with E-state index < -0.39 is 11.6 Å². The van der Waals surface area contributed by atoms with Gasteiger partial charge in [0.05, 0.1) is 41.0 Å². The highest BCUT2D eigenvalue weighted by atomic mass is 19.1. The van der Waals surface area contributed by atoms with Crippen molar-refractivity contribution in [3.8, 4) is 11.8 Å². The second-order valence-corrected chi connectivity index (χ2v) is 7.85. The first-order valence-corrected chi connectivity index (χ1v) is 10.1. The number of anilines is 1. The van der Waals surface area contributed by atoms with E-state index in [0.717, 1.165) is 11.9 Å². The van der Waals surface area contributed by atoms with Crippen LogP contribution in [0.1, 0.15) is 23.7 Å². The average molecular weight is 437 g/mol. The Morgan fingerprint density at radius 2 is 2.12 bits per heavy atom. The number of halogens is 2. The van der Waals surface area contributed by atoms with Crippen molar-refractivity contribution >= 4 is 27.8 Å². The maximum Gasteiger partial charge on any atom is 0.169 e. The van der Waals surface area contributed by atoms with Crippen LogP contribution in [0.5, 0.6) is 0 Å². The number of imidazole rings is 1. The van der Waals surface area contributed by atoms with Gasteiger partial charge in [-0.05, 0) is 18.4 Å². The molecule has 0 amide bonds. The normalized spacial score (nSPS) is 18.4. The number of ether oxygens (including phenoxy) is 1. The van der Waals surface area contributed by atoms with E-state index in [2.05, 4.69) is 32.2 Å². The molecule has 3 N–H and O–H groups in total. The smallest absolute Gasteiger partial charge is 0.169 e. The Hall–Kier alpha value is -3.55. The fourth-order valence-corrected chi connectivity index (χ4v) is 4.22. The molecule has 0 bridgehead atoms. The number of methoxy groups -OCH3 is 1. The molecule has 1 fully saturated rings. The predicted molar refractivity (Wildman–Crippen MR) is 116 cm³/mol. The first-order chi connectivity index (χ1) is 15.5. The van der Waals surface area contributed by atoms with Crippen LogP contribution in [0.25, 0.3) is 21.9 Å². The number of hydrogen-bond acceptors (Lipinski definition) is 6. The van der Waals surface area contributed by atoms with Crippen molar-refractivity contribution in [1.29, 1.82) is 0 Å². The molecule has 1 aliphatic heterocycles. The molecule has 1 aromatic carbocycles. The van der Waals surface area contributed by atoms with Crippen molar-refractivity contribution in [1.82, 2.24) is 29.6 Å². The number of rotatable bonds is 3. The standard InChI is InChI=1S/C22H21F2N7O/c1-30-11-28-21-18(30)8-15(23)14(20(21)24)3-4-16-19-17(5-6-26-22(19)25)31(29-16)13-7-12(10-32-2)27-9-13/h5-6,8,11-13,27H,7,9-10H2,1-2H3,(H2,25,26)/t12-,13+/m1/s1. The second kappa shape index (κ2) is 7.85. The van der Waals surface area contributed by atoms with Gasteiger partial charge < -0.3 is 20.4 Å². The fraction of sp³-hybridized carbons (Fsp3) is 0.318. The van der Waals surface area contributed by atoms with E-state index in [9.17, 15) is 8.78 Å². The molecule has 0 saturated carbocycles. The summed E-state index contributed by atoms with van der Waals surface area (Å²) >= 11 is 0. The van der Waals surface area contributed by atoms with Crippen molar-refractivity contribution < 1.29 is 13.5 Å². The molecule has 5 rings (SSSR count). The first-order valence-electron chi connectivity index (χ1n) is 10.1. The van der Waals surface area contributed by atoms with E-state index in [4.69, 9.17) is 10.5 Å². The van der Waals surface area contributed by atoms with Crippen molar-refractivity contribution in [3.05, 3.63) is 47.5 Å². The number of pyridine rings is 1. The number of aromatic nitrogens is 5. The summed E-state index contributed by atoms with van der Waals surface area (Å²) in [6, 6.07) is 3.32. The molecule has 10 heteroatoms. The third kappa shape index (κ3) is 3.26. The first kappa shape index (κ1) is 20.4. The molecule has 1 saturated heterocycles. The third-order valence-corrected chi connectivity index (χ3v) is 5.78. The zero-order valence-corrected chi connectivity index (χ0v) is 17.6. The SMILES string of the molecule is COC[C@H]1C[C@H](n2nc(C#Cc3c(F)cc4c(ncn4C)c3F)c3c(N)nccc32)CN1. The minimum atomic E-state index is -0.801. The van der Waals surface area contributed by atoms with Gasteiger partial charge in [0.1, 0.15) is 22.8 Å². The zero-order valence-electron chi connectivity index (χ0n) is 17.6. The Morgan fingerprint density at radius 3 is 2.94 bits per heavy atom. The summed E-state index contributed by atoms with van der Waals surface area (Å²) in [6.07, 6.45) is 3.86. The molecular formula is C22H21F2N7O. The van der Waals surface area contributed by atoms with Crippen molar-refractivity contribution in [2.24, 2.45) is 7.05 Å². The minimum absolute atomic E-state index is 0.0633. The lowest BCUT2D eigenvalue weighted by atomic mass is 10.1. The van der Waals surface area contributed by atoms with Crippen LogP contribution in [0.4, 0.5) is 14.6 Å². The number of nitrogens with two attached hydrogens (primary N) is 1. The molecule has 3 aromatic heterocycles. The van der Waals surface area contributed by atoms with Gasteiger partial charge >= 0.3 is 0 Å². The molecular weight excluding hydrogens is 416 g/mol. The summed E-state index contributed by atoms with van der Waals surface area (Å²) in [6.45, 7) is 1.31. The van der Waals surface area contributed by atoms with Crippen molar-refractivity contribution in [2.45, 2.75) is 18.5 Å². The molecule has 4 aromatic rings. The predicted octanol–water partition coefficient (Wildman–Crippen LogP) is 2.13. The Kier molecular flexibility index (Phi) is 5.00. The van der Waals surface area contributed by atoms with Crippen LogP contribution in [0.3, 0.4) is 0 Å². The summed E-state index contributed by atoms with van der Waals surface area (Å²) in [5.74, 6) is 4.12. The largest absolute Gasteiger partial charge is 0.383 e. The van der Waals surface area contributed by atoms with Gasteiger partial charge in [-0.25, -0.2) is 18.7 Å².